The van der Waals surface area contributed by atoms with Crippen molar-refractivity contribution < 1.29 is 18.7 Å². The SMILES string of the molecule is CCOc1cc(/C=C(\C#N)C(=O)Nc2ccc(F)cc2)cc(I)c1OC(C)C. The Morgan fingerprint density at radius 2 is 2.00 bits per heavy atom. The van der Waals surface area contributed by atoms with Crippen LogP contribution in [0.25, 0.3) is 6.08 Å². The number of carbonyl (C=O) groups excluding carboxylic acids is 1. The summed E-state index contributed by atoms with van der Waals surface area (Å²) < 4.78 is 25.3. The molecule has 0 radical (unpaired) electrons. The predicted octanol–water partition coefficient (Wildman–Crippen LogP) is 5.16. The quantitative estimate of drug-likeness (QED) is 0.328. The molecule has 0 fully saturated rings. The number of nitriles is 1. The van der Waals surface area contributed by atoms with Gasteiger partial charge in [0.1, 0.15) is 17.5 Å². The smallest absolute Gasteiger partial charge is 0.266 e. The van der Waals surface area contributed by atoms with Crippen molar-refractivity contribution in [1.29, 1.82) is 5.26 Å². The molecule has 1 amide bonds. The number of ether oxygens (including phenoxy) is 2. The Hall–Kier alpha value is -2.60. The first-order chi connectivity index (χ1) is 13.3. The Morgan fingerprint density at radius 1 is 1.32 bits per heavy atom. The predicted molar refractivity (Wildman–Crippen MR) is 115 cm³/mol. The monoisotopic (exact) mass is 494 g/mol. The Bertz CT molecular complexity index is 918. The zero-order valence-electron chi connectivity index (χ0n) is 15.8. The molecule has 0 aliphatic carbocycles. The van der Waals surface area contributed by atoms with Crippen molar-refractivity contribution in [2.24, 2.45) is 0 Å². The fourth-order valence-corrected chi connectivity index (χ4v) is 3.08. The summed E-state index contributed by atoms with van der Waals surface area (Å²) in [5.74, 6) is 0.190. The molecule has 5 nitrogen and oxygen atoms in total. The zero-order valence-corrected chi connectivity index (χ0v) is 17.9. The van der Waals surface area contributed by atoms with Crippen LogP contribution in [-0.2, 0) is 4.79 Å². The van der Waals surface area contributed by atoms with E-state index in [2.05, 4.69) is 27.9 Å². The van der Waals surface area contributed by atoms with Gasteiger partial charge in [-0.2, -0.15) is 5.26 Å². The lowest BCUT2D eigenvalue weighted by Gasteiger charge is -2.17. The average Bonchev–Trinajstić information content (AvgIpc) is 2.64. The Balaban J connectivity index is 2.33. The van der Waals surface area contributed by atoms with Crippen LogP contribution in [0, 0.1) is 20.7 Å². The van der Waals surface area contributed by atoms with E-state index >= 15 is 0 Å². The molecule has 0 aromatic heterocycles. The number of amides is 1. The molecule has 0 heterocycles. The van der Waals surface area contributed by atoms with Crippen molar-refractivity contribution in [3.05, 3.63) is 56.9 Å². The minimum Gasteiger partial charge on any atom is -0.490 e. The van der Waals surface area contributed by atoms with Gasteiger partial charge in [0.15, 0.2) is 11.5 Å². The Morgan fingerprint density at radius 3 is 2.57 bits per heavy atom. The third-order valence-electron chi connectivity index (χ3n) is 3.46. The Labute approximate surface area is 177 Å². The van der Waals surface area contributed by atoms with Gasteiger partial charge < -0.3 is 14.8 Å². The minimum absolute atomic E-state index is 0.0229. The standard InChI is InChI=1S/C21H20FIN2O3/c1-4-27-19-11-14(10-18(23)20(19)28-13(2)3)9-15(12-24)21(26)25-17-7-5-16(22)6-8-17/h5-11,13H,4H2,1-3H3,(H,25,26)/b15-9+. The van der Waals surface area contributed by atoms with E-state index in [0.29, 0.717) is 29.4 Å². The number of anilines is 1. The van der Waals surface area contributed by atoms with Crippen molar-refractivity contribution in [2.45, 2.75) is 26.9 Å². The van der Waals surface area contributed by atoms with E-state index in [0.717, 1.165) is 3.57 Å². The van der Waals surface area contributed by atoms with Crippen molar-refractivity contribution in [1.82, 2.24) is 0 Å². The molecule has 2 aromatic carbocycles. The second kappa shape index (κ2) is 10.1. The lowest BCUT2D eigenvalue weighted by molar-refractivity contribution is -0.112. The van der Waals surface area contributed by atoms with Crippen LogP contribution in [0.5, 0.6) is 11.5 Å². The molecule has 0 unspecified atom stereocenters. The van der Waals surface area contributed by atoms with Crippen LogP contribution >= 0.6 is 22.6 Å². The summed E-state index contributed by atoms with van der Waals surface area (Å²) in [7, 11) is 0. The summed E-state index contributed by atoms with van der Waals surface area (Å²) in [6, 6.07) is 10.8. The molecular weight excluding hydrogens is 474 g/mol. The lowest BCUT2D eigenvalue weighted by Crippen LogP contribution is -2.13. The maximum Gasteiger partial charge on any atom is 0.266 e. The molecular formula is C21H20FIN2O3. The lowest BCUT2D eigenvalue weighted by atomic mass is 10.1. The minimum atomic E-state index is -0.579. The summed E-state index contributed by atoms with van der Waals surface area (Å²) in [6.45, 7) is 6.17. The van der Waals surface area contributed by atoms with Crippen molar-refractivity contribution in [3.8, 4) is 17.6 Å². The van der Waals surface area contributed by atoms with Crippen molar-refractivity contribution in [2.75, 3.05) is 11.9 Å². The third-order valence-corrected chi connectivity index (χ3v) is 4.26. The van der Waals surface area contributed by atoms with Crippen molar-refractivity contribution >= 4 is 40.3 Å². The first kappa shape index (κ1) is 21.7. The highest BCUT2D eigenvalue weighted by atomic mass is 127. The van der Waals surface area contributed by atoms with Crippen LogP contribution in [0.1, 0.15) is 26.3 Å². The van der Waals surface area contributed by atoms with E-state index in [1.807, 2.05) is 32.9 Å². The van der Waals surface area contributed by atoms with Gasteiger partial charge in [0.25, 0.3) is 5.91 Å². The third kappa shape index (κ3) is 5.96. The van der Waals surface area contributed by atoms with Crippen LogP contribution in [0.3, 0.4) is 0 Å². The number of carbonyl (C=O) groups is 1. The van der Waals surface area contributed by atoms with Gasteiger partial charge >= 0.3 is 0 Å². The van der Waals surface area contributed by atoms with E-state index in [1.165, 1.54) is 30.3 Å². The first-order valence-corrected chi connectivity index (χ1v) is 9.73. The summed E-state index contributed by atoms with van der Waals surface area (Å²) >= 11 is 2.13. The van der Waals surface area contributed by atoms with Crippen LogP contribution in [0.4, 0.5) is 10.1 Å². The number of hydrogen-bond donors (Lipinski definition) is 1. The molecule has 0 aliphatic heterocycles. The van der Waals surface area contributed by atoms with Crippen LogP contribution in [0.2, 0.25) is 0 Å². The molecule has 0 aliphatic rings. The average molecular weight is 494 g/mol. The zero-order chi connectivity index (χ0) is 20.7. The molecule has 2 aromatic rings. The van der Waals surface area contributed by atoms with Crippen LogP contribution in [0.15, 0.2) is 42.0 Å². The molecule has 0 atom stereocenters. The molecule has 0 spiro atoms. The van der Waals surface area contributed by atoms with Gasteiger partial charge in [0.2, 0.25) is 0 Å². The summed E-state index contributed by atoms with van der Waals surface area (Å²) in [5, 5.41) is 12.0. The van der Waals surface area contributed by atoms with E-state index in [4.69, 9.17) is 9.47 Å². The fourth-order valence-electron chi connectivity index (χ4n) is 2.33. The maximum atomic E-state index is 13.0. The molecule has 0 saturated carbocycles. The molecule has 0 bridgehead atoms. The second-order valence-electron chi connectivity index (χ2n) is 6.06. The molecule has 1 N–H and O–H groups in total. The maximum absolute atomic E-state index is 13.0. The van der Waals surface area contributed by atoms with Gasteiger partial charge in [-0.25, -0.2) is 4.39 Å². The highest BCUT2D eigenvalue weighted by Gasteiger charge is 2.15. The number of rotatable bonds is 7. The van der Waals surface area contributed by atoms with Crippen LogP contribution < -0.4 is 14.8 Å². The van der Waals surface area contributed by atoms with Gasteiger partial charge in [-0.1, -0.05) is 0 Å². The largest absolute Gasteiger partial charge is 0.490 e. The van der Waals surface area contributed by atoms with E-state index in [-0.39, 0.29) is 11.7 Å². The highest BCUT2D eigenvalue weighted by Crippen LogP contribution is 2.35. The molecule has 146 valence electrons. The van der Waals surface area contributed by atoms with Gasteiger partial charge in [-0.3, -0.25) is 4.79 Å². The second-order valence-corrected chi connectivity index (χ2v) is 7.22. The highest BCUT2D eigenvalue weighted by molar-refractivity contribution is 14.1. The summed E-state index contributed by atoms with van der Waals surface area (Å²) in [4.78, 5) is 12.4. The number of halogens is 2. The fraction of sp³-hybridized carbons (Fsp3) is 0.238. The van der Waals surface area contributed by atoms with Gasteiger partial charge in [-0.05, 0) is 91.4 Å². The molecule has 28 heavy (non-hydrogen) atoms. The number of benzene rings is 2. The molecule has 0 saturated heterocycles. The van der Waals surface area contributed by atoms with Crippen LogP contribution in [-0.4, -0.2) is 18.6 Å². The molecule has 2 rings (SSSR count). The van der Waals surface area contributed by atoms with Crippen molar-refractivity contribution in [3.63, 3.8) is 0 Å². The number of nitrogens with one attached hydrogen (secondary N) is 1. The van der Waals surface area contributed by atoms with E-state index in [1.54, 1.807) is 6.07 Å². The molecule has 7 heteroatoms. The van der Waals surface area contributed by atoms with Gasteiger partial charge in [0, 0.05) is 5.69 Å². The van der Waals surface area contributed by atoms with E-state index in [9.17, 15) is 14.4 Å². The Kier molecular flexibility index (Phi) is 7.81. The normalized spacial score (nSPS) is 11.1. The topological polar surface area (TPSA) is 71.3 Å². The summed E-state index contributed by atoms with van der Waals surface area (Å²) in [5.41, 5.74) is 0.952. The summed E-state index contributed by atoms with van der Waals surface area (Å²) in [6.07, 6.45) is 1.45. The van der Waals surface area contributed by atoms with Gasteiger partial charge in [-0.15, -0.1) is 0 Å². The van der Waals surface area contributed by atoms with Gasteiger partial charge in [0.05, 0.1) is 16.3 Å². The first-order valence-electron chi connectivity index (χ1n) is 8.65. The van der Waals surface area contributed by atoms with E-state index < -0.39 is 11.7 Å². The number of nitrogens with zero attached hydrogens (tertiary/aromatic N) is 1. The number of hydrogen-bond acceptors (Lipinski definition) is 4.